The number of halogens is 2. The second kappa shape index (κ2) is 5.26. The molecule has 4 heteroatoms. The molecular formula is C12H14Cl2O2. The summed E-state index contributed by atoms with van der Waals surface area (Å²) >= 11 is 12.5. The molecule has 88 valence electrons. The Labute approximate surface area is 105 Å². The summed E-state index contributed by atoms with van der Waals surface area (Å²) in [6.07, 6.45) is 2.14. The molecule has 1 aromatic carbocycles. The third-order valence-electron chi connectivity index (χ3n) is 2.80. The maximum Gasteiger partial charge on any atom is 0.120 e. The minimum atomic E-state index is -0.180. The van der Waals surface area contributed by atoms with Crippen molar-refractivity contribution in [3.63, 3.8) is 0 Å². The first-order valence-corrected chi connectivity index (χ1v) is 6.13. The molecule has 16 heavy (non-hydrogen) atoms. The highest BCUT2D eigenvalue weighted by Crippen LogP contribution is 2.37. The van der Waals surface area contributed by atoms with E-state index in [1.807, 2.05) is 12.1 Å². The molecule has 1 saturated heterocycles. The normalized spacial score (nSPS) is 22.1. The van der Waals surface area contributed by atoms with Crippen LogP contribution in [0.5, 0.6) is 5.75 Å². The van der Waals surface area contributed by atoms with Crippen LogP contribution in [0.25, 0.3) is 0 Å². The summed E-state index contributed by atoms with van der Waals surface area (Å²) in [5, 5.41) is 0.454. The van der Waals surface area contributed by atoms with Gasteiger partial charge >= 0.3 is 0 Å². The van der Waals surface area contributed by atoms with E-state index >= 15 is 0 Å². The molecule has 0 bridgehead atoms. The van der Waals surface area contributed by atoms with E-state index in [0.29, 0.717) is 5.02 Å². The highest BCUT2D eigenvalue weighted by Gasteiger charge is 2.27. The summed E-state index contributed by atoms with van der Waals surface area (Å²) in [7, 11) is 1.61. The maximum atomic E-state index is 6.36. The fraction of sp³-hybridized carbons (Fsp3) is 0.500. The summed E-state index contributed by atoms with van der Waals surface area (Å²) < 4.78 is 10.7. The monoisotopic (exact) mass is 260 g/mol. The molecule has 0 spiro atoms. The molecule has 0 saturated carbocycles. The smallest absolute Gasteiger partial charge is 0.120 e. The Bertz CT molecular complexity index is 362. The summed E-state index contributed by atoms with van der Waals surface area (Å²) in [4.78, 5) is 0. The Morgan fingerprint density at radius 3 is 2.88 bits per heavy atom. The van der Waals surface area contributed by atoms with Crippen LogP contribution in [-0.4, -0.2) is 19.8 Å². The van der Waals surface area contributed by atoms with Crippen molar-refractivity contribution in [3.8, 4) is 5.75 Å². The zero-order valence-corrected chi connectivity index (χ0v) is 10.6. The van der Waals surface area contributed by atoms with Gasteiger partial charge in [0.1, 0.15) is 5.75 Å². The molecule has 1 aromatic rings. The van der Waals surface area contributed by atoms with Gasteiger partial charge in [0.05, 0.1) is 18.6 Å². The predicted molar refractivity (Wildman–Crippen MR) is 65.6 cm³/mol. The largest absolute Gasteiger partial charge is 0.497 e. The van der Waals surface area contributed by atoms with Gasteiger partial charge in [0.25, 0.3) is 0 Å². The fourth-order valence-corrected chi connectivity index (χ4v) is 2.63. The average molecular weight is 261 g/mol. The molecule has 0 radical (unpaired) electrons. The van der Waals surface area contributed by atoms with Crippen LogP contribution in [0.3, 0.4) is 0 Å². The molecule has 1 heterocycles. The lowest BCUT2D eigenvalue weighted by atomic mass is 10.0. The summed E-state index contributed by atoms with van der Waals surface area (Å²) in [6.45, 7) is 0.793. The molecule has 2 atom stereocenters. The number of hydrogen-bond donors (Lipinski definition) is 0. The fourth-order valence-electron chi connectivity index (χ4n) is 1.89. The first-order chi connectivity index (χ1) is 7.72. The van der Waals surface area contributed by atoms with Gasteiger partial charge in [0.2, 0.25) is 0 Å². The molecule has 0 N–H and O–H groups in total. The van der Waals surface area contributed by atoms with Crippen molar-refractivity contribution in [1.82, 2.24) is 0 Å². The minimum Gasteiger partial charge on any atom is -0.497 e. The van der Waals surface area contributed by atoms with Gasteiger partial charge in [0.15, 0.2) is 0 Å². The van der Waals surface area contributed by atoms with Crippen LogP contribution in [0.15, 0.2) is 18.2 Å². The van der Waals surface area contributed by atoms with Gasteiger partial charge in [-0.2, -0.15) is 0 Å². The van der Waals surface area contributed by atoms with Crippen molar-refractivity contribution in [2.24, 2.45) is 0 Å². The number of alkyl halides is 1. The summed E-state index contributed by atoms with van der Waals surface area (Å²) in [6, 6.07) is 5.55. The van der Waals surface area contributed by atoms with Gasteiger partial charge in [-0.3, -0.25) is 0 Å². The molecule has 0 aromatic heterocycles. The van der Waals surface area contributed by atoms with Crippen LogP contribution in [-0.2, 0) is 4.74 Å². The Morgan fingerprint density at radius 2 is 2.31 bits per heavy atom. The lowest BCUT2D eigenvalue weighted by Crippen LogP contribution is -2.13. The van der Waals surface area contributed by atoms with Crippen molar-refractivity contribution in [2.45, 2.75) is 24.3 Å². The third kappa shape index (κ3) is 2.45. The lowest BCUT2D eigenvalue weighted by Gasteiger charge is -2.18. The molecule has 2 rings (SSSR count). The van der Waals surface area contributed by atoms with Crippen LogP contribution in [0.1, 0.15) is 23.8 Å². The Hall–Kier alpha value is -0.440. The maximum absolute atomic E-state index is 6.36. The van der Waals surface area contributed by atoms with Crippen LogP contribution in [0.2, 0.25) is 5.02 Å². The zero-order chi connectivity index (χ0) is 11.5. The number of rotatable bonds is 3. The summed E-state index contributed by atoms with van der Waals surface area (Å²) in [5.74, 6) is 0.741. The molecule has 2 unspecified atom stereocenters. The standard InChI is InChI=1S/C12H14Cl2O2/c1-15-8-4-5-9(10(13)7-8)12(14)11-3-2-6-16-11/h4-5,7,11-12H,2-3,6H2,1H3. The van der Waals surface area contributed by atoms with Gasteiger partial charge in [0, 0.05) is 11.6 Å². The van der Waals surface area contributed by atoms with E-state index in [2.05, 4.69) is 0 Å². The topological polar surface area (TPSA) is 18.5 Å². The first-order valence-electron chi connectivity index (χ1n) is 5.31. The predicted octanol–water partition coefficient (Wildman–Crippen LogP) is 3.81. The molecule has 2 nitrogen and oxygen atoms in total. The number of benzene rings is 1. The van der Waals surface area contributed by atoms with E-state index in [0.717, 1.165) is 30.8 Å². The van der Waals surface area contributed by atoms with E-state index in [9.17, 15) is 0 Å². The minimum absolute atomic E-state index is 0.0764. The molecule has 1 fully saturated rings. The molecule has 1 aliphatic rings. The third-order valence-corrected chi connectivity index (χ3v) is 3.64. The van der Waals surface area contributed by atoms with Gasteiger partial charge in [-0.1, -0.05) is 17.7 Å². The second-order valence-electron chi connectivity index (χ2n) is 3.84. The molecular weight excluding hydrogens is 247 g/mol. The lowest BCUT2D eigenvalue weighted by molar-refractivity contribution is 0.107. The highest BCUT2D eigenvalue weighted by molar-refractivity contribution is 6.33. The number of hydrogen-bond acceptors (Lipinski definition) is 2. The van der Waals surface area contributed by atoms with Gasteiger partial charge in [-0.25, -0.2) is 0 Å². The van der Waals surface area contributed by atoms with Gasteiger partial charge in [-0.05, 0) is 30.5 Å². The molecule has 1 aliphatic heterocycles. The van der Waals surface area contributed by atoms with E-state index < -0.39 is 0 Å². The van der Waals surface area contributed by atoms with Crippen molar-refractivity contribution in [1.29, 1.82) is 0 Å². The Balaban J connectivity index is 2.19. The number of ether oxygens (including phenoxy) is 2. The van der Waals surface area contributed by atoms with Gasteiger partial charge < -0.3 is 9.47 Å². The average Bonchev–Trinajstić information content (AvgIpc) is 2.81. The van der Waals surface area contributed by atoms with Crippen molar-refractivity contribution in [2.75, 3.05) is 13.7 Å². The Kier molecular flexibility index (Phi) is 3.95. The summed E-state index contributed by atoms with van der Waals surface area (Å²) in [5.41, 5.74) is 0.913. The van der Waals surface area contributed by atoms with Crippen LogP contribution >= 0.6 is 23.2 Å². The quantitative estimate of drug-likeness (QED) is 0.770. The Morgan fingerprint density at radius 1 is 1.50 bits per heavy atom. The van der Waals surface area contributed by atoms with Crippen LogP contribution < -0.4 is 4.74 Å². The second-order valence-corrected chi connectivity index (χ2v) is 4.72. The van der Waals surface area contributed by atoms with E-state index in [-0.39, 0.29) is 11.5 Å². The van der Waals surface area contributed by atoms with Crippen LogP contribution in [0.4, 0.5) is 0 Å². The van der Waals surface area contributed by atoms with E-state index in [4.69, 9.17) is 32.7 Å². The van der Waals surface area contributed by atoms with Gasteiger partial charge in [-0.15, -0.1) is 11.6 Å². The molecule has 0 amide bonds. The van der Waals surface area contributed by atoms with E-state index in [1.54, 1.807) is 13.2 Å². The van der Waals surface area contributed by atoms with E-state index in [1.165, 1.54) is 0 Å². The SMILES string of the molecule is COc1ccc(C(Cl)C2CCCO2)c(Cl)c1. The van der Waals surface area contributed by atoms with Crippen molar-refractivity contribution < 1.29 is 9.47 Å². The van der Waals surface area contributed by atoms with Crippen molar-refractivity contribution in [3.05, 3.63) is 28.8 Å². The van der Waals surface area contributed by atoms with Crippen molar-refractivity contribution >= 4 is 23.2 Å². The van der Waals surface area contributed by atoms with Crippen LogP contribution in [0, 0.1) is 0 Å². The number of methoxy groups -OCH3 is 1. The first kappa shape index (κ1) is 12.0. The molecule has 0 aliphatic carbocycles. The highest BCUT2D eigenvalue weighted by atomic mass is 35.5. The zero-order valence-electron chi connectivity index (χ0n) is 9.08.